The maximum absolute atomic E-state index is 3.19. The van der Waals surface area contributed by atoms with Gasteiger partial charge in [0.1, 0.15) is 0 Å². The predicted molar refractivity (Wildman–Crippen MR) is 75.5 cm³/mol. The van der Waals surface area contributed by atoms with E-state index in [1.54, 1.807) is 0 Å². The van der Waals surface area contributed by atoms with Gasteiger partial charge >= 0.3 is 0 Å². The van der Waals surface area contributed by atoms with Gasteiger partial charge in [-0.1, -0.05) is 12.1 Å². The van der Waals surface area contributed by atoms with Crippen molar-refractivity contribution in [1.82, 2.24) is 10.2 Å². The van der Waals surface area contributed by atoms with E-state index in [2.05, 4.69) is 50.2 Å². The molecule has 1 aromatic rings. The van der Waals surface area contributed by atoms with Gasteiger partial charge in [-0.05, 0) is 76.6 Å². The Labute approximate surface area is 106 Å². The molecule has 0 atom stereocenters. The first kappa shape index (κ1) is 14.2. The first-order valence-corrected chi connectivity index (χ1v) is 6.45. The molecule has 17 heavy (non-hydrogen) atoms. The predicted octanol–water partition coefficient (Wildman–Crippen LogP) is 2.65. The number of rotatable bonds is 6. The van der Waals surface area contributed by atoms with Crippen LogP contribution in [-0.2, 0) is 6.54 Å². The number of nitrogens with zero attached hydrogens (tertiary/aromatic N) is 1. The summed E-state index contributed by atoms with van der Waals surface area (Å²) in [6.45, 7) is 9.93. The van der Waals surface area contributed by atoms with Crippen molar-refractivity contribution in [3.05, 3.63) is 34.4 Å². The minimum atomic E-state index is 1.05. The quantitative estimate of drug-likeness (QED) is 0.761. The Morgan fingerprint density at radius 2 is 1.82 bits per heavy atom. The molecule has 1 rings (SSSR count). The Morgan fingerprint density at radius 1 is 1.12 bits per heavy atom. The van der Waals surface area contributed by atoms with Crippen molar-refractivity contribution in [2.75, 3.05) is 27.2 Å². The van der Waals surface area contributed by atoms with E-state index in [9.17, 15) is 0 Å². The lowest BCUT2D eigenvalue weighted by atomic mass is 9.98. The molecule has 1 aromatic carbocycles. The Balaban J connectivity index is 2.59. The van der Waals surface area contributed by atoms with Crippen LogP contribution in [0.2, 0.25) is 0 Å². The first-order chi connectivity index (χ1) is 8.06. The highest BCUT2D eigenvalue weighted by atomic mass is 15.1. The number of hydrogen-bond donors (Lipinski definition) is 1. The van der Waals surface area contributed by atoms with Crippen LogP contribution in [0, 0.1) is 20.8 Å². The Morgan fingerprint density at radius 3 is 2.47 bits per heavy atom. The van der Waals surface area contributed by atoms with Gasteiger partial charge in [-0.3, -0.25) is 0 Å². The molecule has 0 heterocycles. The molecule has 2 nitrogen and oxygen atoms in total. The lowest BCUT2D eigenvalue weighted by Crippen LogP contribution is -2.23. The zero-order valence-corrected chi connectivity index (χ0v) is 11.9. The first-order valence-electron chi connectivity index (χ1n) is 6.45. The van der Waals surface area contributed by atoms with E-state index < -0.39 is 0 Å². The van der Waals surface area contributed by atoms with Gasteiger partial charge in [-0.25, -0.2) is 0 Å². The molecule has 96 valence electrons. The van der Waals surface area contributed by atoms with E-state index in [1.165, 1.54) is 28.7 Å². The van der Waals surface area contributed by atoms with Crippen molar-refractivity contribution < 1.29 is 0 Å². The zero-order chi connectivity index (χ0) is 12.8. The van der Waals surface area contributed by atoms with Crippen LogP contribution in [0.15, 0.2) is 12.1 Å². The summed E-state index contributed by atoms with van der Waals surface area (Å²) in [5.74, 6) is 0. The standard InChI is InChI=1S/C15H26N2/c1-12-7-8-15(14(3)13(12)2)11-17(5)10-6-9-16-4/h7-8,16H,6,9-11H2,1-5H3. The largest absolute Gasteiger partial charge is 0.320 e. The molecule has 0 saturated carbocycles. The fourth-order valence-corrected chi connectivity index (χ4v) is 2.08. The SMILES string of the molecule is CNCCCN(C)Cc1ccc(C)c(C)c1C. The van der Waals surface area contributed by atoms with Gasteiger partial charge in [0.15, 0.2) is 0 Å². The van der Waals surface area contributed by atoms with Crippen molar-refractivity contribution in [3.8, 4) is 0 Å². The highest BCUT2D eigenvalue weighted by Crippen LogP contribution is 2.18. The monoisotopic (exact) mass is 234 g/mol. The molecule has 2 heteroatoms. The Bertz CT molecular complexity index is 358. The number of aryl methyl sites for hydroxylation is 1. The molecule has 1 N–H and O–H groups in total. The Hall–Kier alpha value is -0.860. The molecule has 0 aliphatic rings. The van der Waals surface area contributed by atoms with Gasteiger partial charge in [0, 0.05) is 6.54 Å². The molecule has 0 amide bonds. The molecular formula is C15H26N2. The normalized spacial score (nSPS) is 11.2. The maximum Gasteiger partial charge on any atom is 0.0233 e. The molecule has 0 unspecified atom stereocenters. The van der Waals surface area contributed by atoms with Gasteiger partial charge in [-0.2, -0.15) is 0 Å². The fraction of sp³-hybridized carbons (Fsp3) is 0.600. The molecule has 0 bridgehead atoms. The van der Waals surface area contributed by atoms with Crippen LogP contribution in [0.25, 0.3) is 0 Å². The van der Waals surface area contributed by atoms with Crippen LogP contribution in [0.1, 0.15) is 28.7 Å². The molecule has 0 spiro atoms. The van der Waals surface area contributed by atoms with Gasteiger partial charge in [-0.15, -0.1) is 0 Å². The van der Waals surface area contributed by atoms with Crippen molar-refractivity contribution in [3.63, 3.8) is 0 Å². The average molecular weight is 234 g/mol. The van der Waals surface area contributed by atoms with Gasteiger partial charge in [0.25, 0.3) is 0 Å². The van der Waals surface area contributed by atoms with E-state index in [1.807, 2.05) is 7.05 Å². The van der Waals surface area contributed by atoms with E-state index in [0.29, 0.717) is 0 Å². The summed E-state index contributed by atoms with van der Waals surface area (Å²) in [7, 11) is 4.21. The average Bonchev–Trinajstić information content (AvgIpc) is 2.30. The minimum absolute atomic E-state index is 1.05. The van der Waals surface area contributed by atoms with Crippen molar-refractivity contribution in [2.24, 2.45) is 0 Å². The van der Waals surface area contributed by atoms with E-state index in [0.717, 1.165) is 19.6 Å². The van der Waals surface area contributed by atoms with Crippen LogP contribution in [0.3, 0.4) is 0 Å². The van der Waals surface area contributed by atoms with Crippen molar-refractivity contribution in [2.45, 2.75) is 33.7 Å². The second-order valence-corrected chi connectivity index (χ2v) is 4.99. The summed E-state index contributed by atoms with van der Waals surface area (Å²) in [5, 5.41) is 3.19. The second-order valence-electron chi connectivity index (χ2n) is 4.99. The summed E-state index contributed by atoms with van der Waals surface area (Å²) in [6.07, 6.45) is 1.21. The lowest BCUT2D eigenvalue weighted by molar-refractivity contribution is 0.320. The zero-order valence-electron chi connectivity index (χ0n) is 11.9. The smallest absolute Gasteiger partial charge is 0.0233 e. The third-order valence-corrected chi connectivity index (χ3v) is 3.58. The van der Waals surface area contributed by atoms with E-state index in [-0.39, 0.29) is 0 Å². The fourth-order valence-electron chi connectivity index (χ4n) is 2.08. The highest BCUT2D eigenvalue weighted by Gasteiger charge is 2.06. The molecule has 0 radical (unpaired) electrons. The van der Waals surface area contributed by atoms with Gasteiger partial charge in [0.05, 0.1) is 0 Å². The summed E-state index contributed by atoms with van der Waals surface area (Å²) >= 11 is 0. The van der Waals surface area contributed by atoms with Crippen molar-refractivity contribution >= 4 is 0 Å². The molecule has 0 fully saturated rings. The molecule has 0 saturated heterocycles. The molecule has 0 aromatic heterocycles. The van der Waals surface area contributed by atoms with Crippen LogP contribution < -0.4 is 5.32 Å². The van der Waals surface area contributed by atoms with Crippen LogP contribution >= 0.6 is 0 Å². The number of nitrogens with one attached hydrogen (secondary N) is 1. The second kappa shape index (κ2) is 6.77. The van der Waals surface area contributed by atoms with Gasteiger partial charge in [0.2, 0.25) is 0 Å². The third-order valence-electron chi connectivity index (χ3n) is 3.58. The van der Waals surface area contributed by atoms with Crippen LogP contribution in [-0.4, -0.2) is 32.1 Å². The van der Waals surface area contributed by atoms with E-state index in [4.69, 9.17) is 0 Å². The summed E-state index contributed by atoms with van der Waals surface area (Å²) in [5.41, 5.74) is 5.74. The summed E-state index contributed by atoms with van der Waals surface area (Å²) < 4.78 is 0. The third kappa shape index (κ3) is 4.14. The summed E-state index contributed by atoms with van der Waals surface area (Å²) in [6, 6.07) is 4.51. The van der Waals surface area contributed by atoms with E-state index >= 15 is 0 Å². The lowest BCUT2D eigenvalue weighted by Gasteiger charge is -2.19. The minimum Gasteiger partial charge on any atom is -0.320 e. The van der Waals surface area contributed by atoms with Crippen LogP contribution in [0.4, 0.5) is 0 Å². The summed E-state index contributed by atoms with van der Waals surface area (Å²) in [4.78, 5) is 2.40. The maximum atomic E-state index is 3.19. The van der Waals surface area contributed by atoms with Crippen molar-refractivity contribution in [1.29, 1.82) is 0 Å². The number of hydrogen-bond acceptors (Lipinski definition) is 2. The van der Waals surface area contributed by atoms with Gasteiger partial charge < -0.3 is 10.2 Å². The molecule has 0 aliphatic heterocycles. The topological polar surface area (TPSA) is 15.3 Å². The Kier molecular flexibility index (Phi) is 5.66. The molecule has 0 aliphatic carbocycles. The highest BCUT2D eigenvalue weighted by molar-refractivity contribution is 5.38. The van der Waals surface area contributed by atoms with Crippen LogP contribution in [0.5, 0.6) is 0 Å². The molecular weight excluding hydrogens is 208 g/mol. The number of benzene rings is 1.